The molecule has 0 atom stereocenters. The lowest BCUT2D eigenvalue weighted by atomic mass is 10.2. The summed E-state index contributed by atoms with van der Waals surface area (Å²) in [4.78, 5) is 12.7. The molecule has 0 aromatic heterocycles. The van der Waals surface area contributed by atoms with Gasteiger partial charge in [0, 0.05) is 13.1 Å². The molecule has 0 fully saturated rings. The van der Waals surface area contributed by atoms with Crippen LogP contribution >= 0.6 is 0 Å². The number of rotatable bonds is 10. The van der Waals surface area contributed by atoms with Crippen LogP contribution in [-0.2, 0) is 0 Å². The molecule has 0 aliphatic rings. The Bertz CT molecular complexity index is 244. The van der Waals surface area contributed by atoms with Gasteiger partial charge in [0.2, 0.25) is 0 Å². The number of hydrogen-bond donors (Lipinski definition) is 3. The Morgan fingerprint density at radius 2 is 1.47 bits per heavy atom. The highest BCUT2D eigenvalue weighted by atomic mass is 16.2. The molecular weight excluding hydrogens is 240 g/mol. The molecule has 2 amide bonds. The predicted molar refractivity (Wildman–Crippen MR) is 80.3 cm³/mol. The van der Waals surface area contributed by atoms with Gasteiger partial charge in [-0.15, -0.1) is 0 Å². The molecule has 0 saturated heterocycles. The van der Waals surface area contributed by atoms with E-state index < -0.39 is 6.03 Å². The largest absolute Gasteiger partial charge is 0.351 e. The van der Waals surface area contributed by atoms with E-state index in [1.165, 1.54) is 38.5 Å². The number of guanidine groups is 1. The second-order valence-electron chi connectivity index (χ2n) is 4.95. The van der Waals surface area contributed by atoms with E-state index in [0.717, 1.165) is 25.9 Å². The highest BCUT2D eigenvalue weighted by Crippen LogP contribution is 2.05. The Labute approximate surface area is 117 Å². The first-order valence-electron chi connectivity index (χ1n) is 7.51. The van der Waals surface area contributed by atoms with Gasteiger partial charge in [0.05, 0.1) is 0 Å². The second kappa shape index (κ2) is 11.8. The van der Waals surface area contributed by atoms with Crippen molar-refractivity contribution in [3.8, 4) is 0 Å². The first-order chi connectivity index (χ1) is 9.11. The molecule has 0 unspecified atom stereocenters. The van der Waals surface area contributed by atoms with Crippen molar-refractivity contribution in [3.63, 3.8) is 0 Å². The Kier molecular flexibility index (Phi) is 11.0. The quantitative estimate of drug-likeness (QED) is 0.324. The van der Waals surface area contributed by atoms with Gasteiger partial charge >= 0.3 is 6.03 Å². The minimum atomic E-state index is -0.655. The van der Waals surface area contributed by atoms with Gasteiger partial charge in [-0.05, 0) is 12.8 Å². The average Bonchev–Trinajstić information content (AvgIpc) is 2.36. The molecule has 0 aliphatic carbocycles. The number of carbonyl (C=O) groups excluding carboxylic acids is 1. The number of unbranched alkanes of at least 4 members (excludes halogenated alkanes) is 6. The third-order valence-electron chi connectivity index (χ3n) is 3.12. The number of amides is 2. The summed E-state index contributed by atoms with van der Waals surface area (Å²) < 4.78 is 0. The second-order valence-corrected chi connectivity index (χ2v) is 4.95. The number of nitrogens with two attached hydrogens (primary N) is 1. The summed E-state index contributed by atoms with van der Waals surface area (Å²) in [5.74, 6) is 0.139. The molecule has 0 aromatic carbocycles. The molecule has 0 saturated carbocycles. The van der Waals surface area contributed by atoms with Crippen LogP contribution in [0.5, 0.6) is 0 Å². The summed E-state index contributed by atoms with van der Waals surface area (Å²) in [5.41, 5.74) is 5.07. The van der Waals surface area contributed by atoms with E-state index in [2.05, 4.69) is 19.2 Å². The van der Waals surface area contributed by atoms with Gasteiger partial charge in [0.1, 0.15) is 0 Å². The van der Waals surface area contributed by atoms with Crippen LogP contribution in [-0.4, -0.2) is 30.0 Å². The number of nitrogens with one attached hydrogen (secondary N) is 2. The van der Waals surface area contributed by atoms with Crippen LogP contribution in [0.15, 0.2) is 0 Å². The highest BCUT2D eigenvalue weighted by molar-refractivity contribution is 5.93. The van der Waals surface area contributed by atoms with Crippen LogP contribution in [0.1, 0.15) is 65.2 Å². The van der Waals surface area contributed by atoms with E-state index in [0.29, 0.717) is 0 Å². The lowest BCUT2D eigenvalue weighted by Gasteiger charge is -2.24. The minimum absolute atomic E-state index is 0.139. The van der Waals surface area contributed by atoms with Crippen LogP contribution < -0.4 is 11.1 Å². The molecule has 5 nitrogen and oxygen atoms in total. The number of carbonyl (C=O) groups is 1. The van der Waals surface area contributed by atoms with Crippen molar-refractivity contribution < 1.29 is 4.79 Å². The summed E-state index contributed by atoms with van der Waals surface area (Å²) in [6, 6.07) is -0.655. The van der Waals surface area contributed by atoms with Crippen molar-refractivity contribution in [2.24, 2.45) is 5.73 Å². The summed E-state index contributed by atoms with van der Waals surface area (Å²) in [5, 5.41) is 10.2. The van der Waals surface area contributed by atoms with E-state index in [1.807, 2.05) is 4.90 Å². The smallest absolute Gasteiger partial charge is 0.318 e. The summed E-state index contributed by atoms with van der Waals surface area (Å²) in [7, 11) is 0. The van der Waals surface area contributed by atoms with E-state index in [-0.39, 0.29) is 5.96 Å². The molecule has 0 aliphatic heterocycles. The Balaban J connectivity index is 4.05. The van der Waals surface area contributed by atoms with E-state index >= 15 is 0 Å². The highest BCUT2D eigenvalue weighted by Gasteiger charge is 2.10. The van der Waals surface area contributed by atoms with Crippen LogP contribution in [0.25, 0.3) is 0 Å². The zero-order chi connectivity index (χ0) is 14.5. The number of primary amides is 1. The Morgan fingerprint density at radius 1 is 1.00 bits per heavy atom. The van der Waals surface area contributed by atoms with E-state index in [4.69, 9.17) is 11.1 Å². The first-order valence-corrected chi connectivity index (χ1v) is 7.51. The molecule has 0 rings (SSSR count). The number of hydrogen-bond acceptors (Lipinski definition) is 2. The maximum absolute atomic E-state index is 10.8. The van der Waals surface area contributed by atoms with Crippen LogP contribution in [0, 0.1) is 5.41 Å². The fourth-order valence-corrected chi connectivity index (χ4v) is 1.99. The van der Waals surface area contributed by atoms with Crippen molar-refractivity contribution in [2.45, 2.75) is 65.2 Å². The first kappa shape index (κ1) is 17.7. The standard InChI is InChI=1S/C14H30N4O/c1-3-5-7-9-11-18(12-10-8-6-4-2)13(15)17-14(16)19/h3-12H2,1-2H3,(H4,15,16,17,19). The minimum Gasteiger partial charge on any atom is -0.351 e. The van der Waals surface area contributed by atoms with Gasteiger partial charge in [-0.25, -0.2) is 4.79 Å². The van der Waals surface area contributed by atoms with Gasteiger partial charge in [-0.2, -0.15) is 0 Å². The fourth-order valence-electron chi connectivity index (χ4n) is 1.99. The molecule has 0 spiro atoms. The third-order valence-corrected chi connectivity index (χ3v) is 3.12. The van der Waals surface area contributed by atoms with Crippen LogP contribution in [0.2, 0.25) is 0 Å². The molecule has 0 bridgehead atoms. The van der Waals surface area contributed by atoms with Crippen molar-refractivity contribution in [1.82, 2.24) is 10.2 Å². The van der Waals surface area contributed by atoms with Gasteiger partial charge in [0.15, 0.2) is 5.96 Å². The van der Waals surface area contributed by atoms with Crippen molar-refractivity contribution in [3.05, 3.63) is 0 Å². The normalized spacial score (nSPS) is 10.2. The third kappa shape index (κ3) is 10.4. The maximum Gasteiger partial charge on any atom is 0.318 e. The maximum atomic E-state index is 10.8. The summed E-state index contributed by atoms with van der Waals surface area (Å²) in [6.07, 6.45) is 9.31. The molecule has 0 heterocycles. The van der Waals surface area contributed by atoms with Crippen LogP contribution in [0.4, 0.5) is 4.79 Å². The SMILES string of the molecule is CCCCCCN(CCCCCC)C(=N)NC(N)=O. The number of nitrogens with zero attached hydrogens (tertiary/aromatic N) is 1. The monoisotopic (exact) mass is 270 g/mol. The summed E-state index contributed by atoms with van der Waals surface area (Å²) >= 11 is 0. The fraction of sp³-hybridized carbons (Fsp3) is 0.857. The van der Waals surface area contributed by atoms with Crippen molar-refractivity contribution in [1.29, 1.82) is 5.41 Å². The molecule has 112 valence electrons. The van der Waals surface area contributed by atoms with Crippen LogP contribution in [0.3, 0.4) is 0 Å². The summed E-state index contributed by atoms with van der Waals surface area (Å²) in [6.45, 7) is 6.01. The Hall–Kier alpha value is -1.26. The van der Waals surface area contributed by atoms with Gasteiger partial charge < -0.3 is 10.6 Å². The van der Waals surface area contributed by atoms with Gasteiger partial charge in [0.25, 0.3) is 0 Å². The zero-order valence-corrected chi connectivity index (χ0v) is 12.5. The lowest BCUT2D eigenvalue weighted by molar-refractivity contribution is 0.251. The average molecular weight is 270 g/mol. The molecule has 19 heavy (non-hydrogen) atoms. The van der Waals surface area contributed by atoms with Crippen molar-refractivity contribution in [2.75, 3.05) is 13.1 Å². The lowest BCUT2D eigenvalue weighted by Crippen LogP contribution is -2.46. The molecule has 0 aromatic rings. The molecule has 4 N–H and O–H groups in total. The topological polar surface area (TPSA) is 82.2 Å². The Morgan fingerprint density at radius 3 is 1.84 bits per heavy atom. The van der Waals surface area contributed by atoms with Crippen molar-refractivity contribution >= 4 is 12.0 Å². The van der Waals surface area contributed by atoms with E-state index in [9.17, 15) is 4.79 Å². The predicted octanol–water partition coefficient (Wildman–Crippen LogP) is 3.05. The zero-order valence-electron chi connectivity index (χ0n) is 12.5. The molecule has 0 radical (unpaired) electrons. The molecule has 5 heteroatoms. The number of urea groups is 1. The van der Waals surface area contributed by atoms with Gasteiger partial charge in [-0.1, -0.05) is 52.4 Å². The van der Waals surface area contributed by atoms with Gasteiger partial charge in [-0.3, -0.25) is 10.7 Å². The molecular formula is C14H30N4O. The van der Waals surface area contributed by atoms with E-state index in [1.54, 1.807) is 0 Å².